The van der Waals surface area contributed by atoms with Crippen LogP contribution in [0, 0.1) is 0 Å². The van der Waals surface area contributed by atoms with E-state index in [-0.39, 0.29) is 17.2 Å². The highest BCUT2D eigenvalue weighted by molar-refractivity contribution is 4.95. The summed E-state index contributed by atoms with van der Waals surface area (Å²) in [4.78, 5) is 0. The van der Waals surface area contributed by atoms with Crippen LogP contribution in [0.1, 0.15) is 34.1 Å². The van der Waals surface area contributed by atoms with E-state index in [0.717, 1.165) is 19.6 Å². The maximum absolute atomic E-state index is 5.91. The molecule has 0 aromatic carbocycles. The minimum atomic E-state index is -0.147. The predicted molar refractivity (Wildman–Crippen MR) is 54.7 cm³/mol. The summed E-state index contributed by atoms with van der Waals surface area (Å²) >= 11 is 0. The van der Waals surface area contributed by atoms with Crippen LogP contribution in [-0.2, 0) is 4.74 Å². The molecule has 3 heteroatoms. The summed E-state index contributed by atoms with van der Waals surface area (Å²) in [6.45, 7) is 10.1. The highest BCUT2D eigenvalue weighted by Crippen LogP contribution is 2.25. The quantitative estimate of drug-likeness (QED) is 0.688. The summed E-state index contributed by atoms with van der Waals surface area (Å²) in [5, 5.41) is 3.50. The van der Waals surface area contributed by atoms with Crippen molar-refractivity contribution in [1.82, 2.24) is 5.32 Å². The Hall–Kier alpha value is -0.120. The van der Waals surface area contributed by atoms with Gasteiger partial charge in [0.1, 0.15) is 0 Å². The van der Waals surface area contributed by atoms with Gasteiger partial charge in [-0.15, -0.1) is 0 Å². The Balaban J connectivity index is 2.43. The fourth-order valence-corrected chi connectivity index (χ4v) is 1.50. The van der Waals surface area contributed by atoms with Crippen molar-refractivity contribution in [1.29, 1.82) is 0 Å². The first-order chi connectivity index (χ1) is 5.83. The molecule has 1 heterocycles. The van der Waals surface area contributed by atoms with Crippen LogP contribution in [0.15, 0.2) is 0 Å². The van der Waals surface area contributed by atoms with Crippen LogP contribution < -0.4 is 11.1 Å². The highest BCUT2D eigenvalue weighted by Gasteiger charge is 2.37. The smallest absolute Gasteiger partial charge is 0.0726 e. The molecule has 1 saturated heterocycles. The molecule has 2 unspecified atom stereocenters. The molecule has 0 aromatic heterocycles. The van der Waals surface area contributed by atoms with Gasteiger partial charge >= 0.3 is 0 Å². The summed E-state index contributed by atoms with van der Waals surface area (Å²) in [5.74, 6) is 0. The fourth-order valence-electron chi connectivity index (χ4n) is 1.50. The topological polar surface area (TPSA) is 47.3 Å². The second-order valence-corrected chi connectivity index (χ2v) is 5.02. The zero-order valence-corrected chi connectivity index (χ0v) is 9.18. The lowest BCUT2D eigenvalue weighted by molar-refractivity contribution is 0.0870. The molecule has 0 saturated carbocycles. The van der Waals surface area contributed by atoms with Crippen LogP contribution in [0.25, 0.3) is 0 Å². The molecule has 1 aliphatic rings. The van der Waals surface area contributed by atoms with Crippen LogP contribution in [0.2, 0.25) is 0 Å². The van der Waals surface area contributed by atoms with Crippen molar-refractivity contribution in [2.75, 3.05) is 13.2 Å². The largest absolute Gasteiger partial charge is 0.377 e. The minimum Gasteiger partial charge on any atom is -0.377 e. The molecule has 1 fully saturated rings. The molecule has 0 bridgehead atoms. The minimum absolute atomic E-state index is 0.108. The van der Waals surface area contributed by atoms with E-state index < -0.39 is 0 Å². The van der Waals surface area contributed by atoms with Gasteiger partial charge in [0.25, 0.3) is 0 Å². The summed E-state index contributed by atoms with van der Waals surface area (Å²) in [7, 11) is 0. The van der Waals surface area contributed by atoms with Gasteiger partial charge in [0.05, 0.1) is 6.10 Å². The Morgan fingerprint density at radius 1 is 1.62 bits per heavy atom. The molecule has 3 nitrogen and oxygen atoms in total. The van der Waals surface area contributed by atoms with Gasteiger partial charge < -0.3 is 15.8 Å². The number of nitrogens with one attached hydrogen (secondary N) is 1. The van der Waals surface area contributed by atoms with E-state index in [1.807, 2.05) is 13.8 Å². The van der Waals surface area contributed by atoms with Gasteiger partial charge in [0, 0.05) is 24.2 Å². The Labute approximate surface area is 81.0 Å². The van der Waals surface area contributed by atoms with Crippen molar-refractivity contribution in [3.63, 3.8) is 0 Å². The molecule has 0 aliphatic carbocycles. The maximum Gasteiger partial charge on any atom is 0.0726 e. The summed E-state index contributed by atoms with van der Waals surface area (Å²) in [6.07, 6.45) is 1.36. The second kappa shape index (κ2) is 3.56. The molecule has 13 heavy (non-hydrogen) atoms. The molecule has 3 N–H and O–H groups in total. The van der Waals surface area contributed by atoms with E-state index in [2.05, 4.69) is 19.2 Å². The van der Waals surface area contributed by atoms with Gasteiger partial charge in [-0.2, -0.15) is 0 Å². The molecule has 0 spiro atoms. The fraction of sp³-hybridized carbons (Fsp3) is 1.00. The van der Waals surface area contributed by atoms with Crippen molar-refractivity contribution in [2.45, 2.75) is 51.3 Å². The lowest BCUT2D eigenvalue weighted by Gasteiger charge is -2.32. The Bertz CT molecular complexity index is 176. The second-order valence-electron chi connectivity index (χ2n) is 5.02. The third-order valence-electron chi connectivity index (χ3n) is 2.83. The van der Waals surface area contributed by atoms with Gasteiger partial charge in [0.15, 0.2) is 0 Å². The molecule has 1 rings (SSSR count). The Kier molecular flexibility index (Phi) is 3.00. The van der Waals surface area contributed by atoms with Crippen molar-refractivity contribution in [2.24, 2.45) is 5.73 Å². The first-order valence-corrected chi connectivity index (χ1v) is 4.99. The lowest BCUT2D eigenvalue weighted by Crippen LogP contribution is -2.54. The molecular formula is C10H22N2O. The SMILES string of the molecule is CC1OCCC1(C)NCC(C)(C)N. The molecule has 0 radical (unpaired) electrons. The zero-order chi connectivity index (χ0) is 10.1. The van der Waals surface area contributed by atoms with E-state index in [9.17, 15) is 0 Å². The van der Waals surface area contributed by atoms with E-state index in [1.165, 1.54) is 0 Å². The van der Waals surface area contributed by atoms with E-state index in [0.29, 0.717) is 0 Å². The maximum atomic E-state index is 5.91. The molecule has 78 valence electrons. The van der Waals surface area contributed by atoms with Crippen molar-refractivity contribution in [3.8, 4) is 0 Å². The summed E-state index contributed by atoms with van der Waals surface area (Å²) in [5.41, 5.74) is 5.87. The number of hydrogen-bond acceptors (Lipinski definition) is 3. The summed E-state index contributed by atoms with van der Waals surface area (Å²) in [6, 6.07) is 0. The van der Waals surface area contributed by atoms with Crippen LogP contribution in [0.4, 0.5) is 0 Å². The average Bonchev–Trinajstić information content (AvgIpc) is 2.29. The van der Waals surface area contributed by atoms with E-state index >= 15 is 0 Å². The van der Waals surface area contributed by atoms with Crippen LogP contribution in [0.3, 0.4) is 0 Å². The van der Waals surface area contributed by atoms with E-state index in [1.54, 1.807) is 0 Å². The summed E-state index contributed by atoms with van der Waals surface area (Å²) < 4.78 is 5.53. The number of ether oxygens (including phenoxy) is 1. The van der Waals surface area contributed by atoms with Gasteiger partial charge in [-0.3, -0.25) is 0 Å². The Morgan fingerprint density at radius 3 is 2.62 bits per heavy atom. The molecular weight excluding hydrogens is 164 g/mol. The van der Waals surface area contributed by atoms with Crippen LogP contribution >= 0.6 is 0 Å². The van der Waals surface area contributed by atoms with Crippen LogP contribution in [-0.4, -0.2) is 30.3 Å². The molecule has 1 aliphatic heterocycles. The van der Waals surface area contributed by atoms with Crippen molar-refractivity contribution in [3.05, 3.63) is 0 Å². The standard InChI is InChI=1S/C10H22N2O/c1-8-10(4,5-6-13-8)12-7-9(2,3)11/h8,12H,5-7,11H2,1-4H3. The van der Waals surface area contributed by atoms with Gasteiger partial charge in [-0.1, -0.05) is 0 Å². The number of rotatable bonds is 3. The van der Waals surface area contributed by atoms with Gasteiger partial charge in [-0.05, 0) is 34.1 Å². The first-order valence-electron chi connectivity index (χ1n) is 4.99. The average molecular weight is 186 g/mol. The third kappa shape index (κ3) is 2.93. The van der Waals surface area contributed by atoms with Crippen molar-refractivity contribution >= 4 is 0 Å². The van der Waals surface area contributed by atoms with Crippen LogP contribution in [0.5, 0.6) is 0 Å². The van der Waals surface area contributed by atoms with E-state index in [4.69, 9.17) is 10.5 Å². The molecule has 0 amide bonds. The molecule has 2 atom stereocenters. The first kappa shape index (κ1) is 11.0. The van der Waals surface area contributed by atoms with Crippen molar-refractivity contribution < 1.29 is 4.74 Å². The third-order valence-corrected chi connectivity index (χ3v) is 2.83. The zero-order valence-electron chi connectivity index (χ0n) is 9.18. The Morgan fingerprint density at radius 2 is 2.23 bits per heavy atom. The van der Waals surface area contributed by atoms with Gasteiger partial charge in [0.2, 0.25) is 0 Å². The number of nitrogens with two attached hydrogens (primary N) is 1. The monoisotopic (exact) mass is 186 g/mol. The molecule has 0 aromatic rings. The van der Waals surface area contributed by atoms with Gasteiger partial charge in [-0.25, -0.2) is 0 Å². The number of hydrogen-bond donors (Lipinski definition) is 2. The normalized spacial score (nSPS) is 35.3. The predicted octanol–water partition coefficient (Wildman–Crippen LogP) is 0.881. The lowest BCUT2D eigenvalue weighted by atomic mass is 9.93. The highest BCUT2D eigenvalue weighted by atomic mass is 16.5.